The maximum absolute atomic E-state index is 7.08. The van der Waals surface area contributed by atoms with Crippen LogP contribution in [0.5, 0.6) is 0 Å². The quantitative estimate of drug-likeness (QED) is 0.390. The van der Waals surface area contributed by atoms with E-state index in [1.807, 2.05) is 42.5 Å². The van der Waals surface area contributed by atoms with E-state index < -0.39 is 0 Å². The number of fused-ring (bicyclic) bond motifs is 1. The molecule has 2 aromatic rings. The van der Waals surface area contributed by atoms with E-state index in [0.29, 0.717) is 0 Å². The van der Waals surface area contributed by atoms with Crippen molar-refractivity contribution in [2.24, 2.45) is 0 Å². The molecule has 0 fully saturated rings. The summed E-state index contributed by atoms with van der Waals surface area (Å²) < 4.78 is 0. The molecule has 0 nitrogen and oxygen atoms in total. The van der Waals surface area contributed by atoms with Crippen LogP contribution in [-0.4, -0.2) is 0 Å². The van der Waals surface area contributed by atoms with Crippen molar-refractivity contribution in [3.8, 4) is 5.92 Å². The zero-order valence-corrected chi connectivity index (χ0v) is 9.01. The van der Waals surface area contributed by atoms with Crippen molar-refractivity contribution in [1.82, 2.24) is 0 Å². The molecule has 0 spiro atoms. The molecule has 0 unspecified atom stereocenters. The minimum atomic E-state index is 0. The van der Waals surface area contributed by atoms with Crippen molar-refractivity contribution in [3.63, 3.8) is 0 Å². The van der Waals surface area contributed by atoms with Gasteiger partial charge in [-0.05, 0) is 5.39 Å². The fourth-order valence-corrected chi connectivity index (χ4v) is 1.33. The molecule has 13 heavy (non-hydrogen) atoms. The van der Waals surface area contributed by atoms with Gasteiger partial charge in [0.1, 0.15) is 0 Å². The molecule has 1 heteroatoms. The van der Waals surface area contributed by atoms with Gasteiger partial charge in [-0.1, -0.05) is 41.8 Å². The molecule has 2 aromatic carbocycles. The Morgan fingerprint density at radius 1 is 0.923 bits per heavy atom. The Balaban J connectivity index is 0.000000845. The van der Waals surface area contributed by atoms with E-state index in [9.17, 15) is 0 Å². The SMILES string of the molecule is [Au+].[C-]#Cc1cccc2ccccc12. The predicted octanol–water partition coefficient (Wildman–Crippen LogP) is 2.78. The summed E-state index contributed by atoms with van der Waals surface area (Å²) in [4.78, 5) is 0. The molecule has 0 aliphatic heterocycles. The predicted molar refractivity (Wildman–Crippen MR) is 50.2 cm³/mol. The molecule has 0 saturated heterocycles. The van der Waals surface area contributed by atoms with Crippen molar-refractivity contribution < 1.29 is 22.4 Å². The smallest absolute Gasteiger partial charge is 0.366 e. The molecule has 0 amide bonds. The number of benzene rings is 2. The summed E-state index contributed by atoms with van der Waals surface area (Å²) in [5, 5.41) is 2.25. The van der Waals surface area contributed by atoms with Crippen LogP contribution in [0.3, 0.4) is 0 Å². The van der Waals surface area contributed by atoms with Crippen molar-refractivity contribution in [1.29, 1.82) is 0 Å². The Morgan fingerprint density at radius 2 is 1.62 bits per heavy atom. The van der Waals surface area contributed by atoms with Gasteiger partial charge in [0, 0.05) is 0 Å². The topological polar surface area (TPSA) is 0 Å². The van der Waals surface area contributed by atoms with E-state index in [2.05, 4.69) is 5.92 Å². The molecule has 0 aliphatic rings. The first-order chi connectivity index (χ1) is 5.92. The van der Waals surface area contributed by atoms with Crippen molar-refractivity contribution in [2.45, 2.75) is 0 Å². The van der Waals surface area contributed by atoms with E-state index in [1.54, 1.807) is 0 Å². The first-order valence-corrected chi connectivity index (χ1v) is 3.82. The zero-order valence-electron chi connectivity index (χ0n) is 6.84. The number of rotatable bonds is 0. The second kappa shape index (κ2) is 4.30. The van der Waals surface area contributed by atoms with Crippen molar-refractivity contribution in [2.75, 3.05) is 0 Å². The van der Waals surface area contributed by atoms with Crippen LogP contribution in [0.2, 0.25) is 0 Å². The van der Waals surface area contributed by atoms with Crippen molar-refractivity contribution >= 4 is 10.8 Å². The van der Waals surface area contributed by atoms with Gasteiger partial charge in [-0.2, -0.15) is 0 Å². The molecule has 2 rings (SSSR count). The molecular formula is C12H7Au. The van der Waals surface area contributed by atoms with Crippen molar-refractivity contribution in [3.05, 3.63) is 54.5 Å². The molecule has 0 heterocycles. The Morgan fingerprint density at radius 3 is 2.38 bits per heavy atom. The molecule has 0 bridgehead atoms. The van der Waals surface area contributed by atoms with Gasteiger partial charge < -0.3 is 6.42 Å². The molecule has 0 saturated carbocycles. The van der Waals surface area contributed by atoms with Crippen LogP contribution in [0.1, 0.15) is 5.56 Å². The average Bonchev–Trinajstić information content (AvgIpc) is 2.17. The van der Waals surface area contributed by atoms with E-state index in [-0.39, 0.29) is 22.4 Å². The molecule has 0 N–H and O–H groups in total. The van der Waals surface area contributed by atoms with Crippen LogP contribution in [0.25, 0.3) is 10.8 Å². The Bertz CT molecular complexity index is 447. The summed E-state index contributed by atoms with van der Waals surface area (Å²) in [6.07, 6.45) is 7.08. The third-order valence-electron chi connectivity index (χ3n) is 1.92. The third-order valence-corrected chi connectivity index (χ3v) is 1.92. The summed E-state index contributed by atoms with van der Waals surface area (Å²) in [6, 6.07) is 13.9. The Kier molecular flexibility index (Phi) is 3.33. The maximum Gasteiger partial charge on any atom is 1.00 e. The first-order valence-electron chi connectivity index (χ1n) is 3.82. The van der Waals surface area contributed by atoms with Crippen LogP contribution >= 0.6 is 0 Å². The summed E-state index contributed by atoms with van der Waals surface area (Å²) >= 11 is 0. The summed E-state index contributed by atoms with van der Waals surface area (Å²) in [5.74, 6) is 2.42. The average molecular weight is 348 g/mol. The Hall–Kier alpha value is -1.000. The summed E-state index contributed by atoms with van der Waals surface area (Å²) in [5.41, 5.74) is 0.855. The zero-order chi connectivity index (χ0) is 8.39. The molecular weight excluding hydrogens is 341 g/mol. The first kappa shape index (κ1) is 10.1. The van der Waals surface area contributed by atoms with Gasteiger partial charge in [0.2, 0.25) is 0 Å². The minimum Gasteiger partial charge on any atom is -0.366 e. The van der Waals surface area contributed by atoms with Gasteiger partial charge in [-0.3, -0.25) is 5.92 Å². The second-order valence-corrected chi connectivity index (χ2v) is 2.65. The van der Waals surface area contributed by atoms with Gasteiger partial charge in [0.15, 0.2) is 0 Å². The fourth-order valence-electron chi connectivity index (χ4n) is 1.33. The van der Waals surface area contributed by atoms with Gasteiger partial charge in [-0.15, -0.1) is 11.6 Å². The van der Waals surface area contributed by atoms with Gasteiger partial charge >= 0.3 is 22.4 Å². The number of hydrogen-bond acceptors (Lipinski definition) is 0. The van der Waals surface area contributed by atoms with Gasteiger partial charge in [0.25, 0.3) is 0 Å². The van der Waals surface area contributed by atoms with Gasteiger partial charge in [-0.25, -0.2) is 0 Å². The molecule has 0 radical (unpaired) electrons. The normalized spacial score (nSPS) is 8.85. The maximum atomic E-state index is 7.08. The standard InChI is InChI=1S/C12H7.Au/c1-2-10-7-5-8-11-6-3-4-9-12(10)11;/h3-9H;/q-1;+1. The molecule has 66 valence electrons. The van der Waals surface area contributed by atoms with E-state index in [1.165, 1.54) is 0 Å². The third kappa shape index (κ3) is 1.84. The summed E-state index contributed by atoms with van der Waals surface area (Å²) in [6.45, 7) is 0. The second-order valence-electron chi connectivity index (χ2n) is 2.65. The van der Waals surface area contributed by atoms with Crippen LogP contribution in [0, 0.1) is 12.3 Å². The van der Waals surface area contributed by atoms with E-state index in [0.717, 1.165) is 16.3 Å². The molecule has 0 atom stereocenters. The minimum absolute atomic E-state index is 0. The largest absolute Gasteiger partial charge is 1.00 e. The van der Waals surface area contributed by atoms with Gasteiger partial charge in [0.05, 0.1) is 0 Å². The van der Waals surface area contributed by atoms with Crippen LogP contribution in [-0.2, 0) is 22.4 Å². The molecule has 0 aliphatic carbocycles. The summed E-state index contributed by atoms with van der Waals surface area (Å²) in [7, 11) is 0. The van der Waals surface area contributed by atoms with Crippen LogP contribution < -0.4 is 0 Å². The fraction of sp³-hybridized carbons (Fsp3) is 0. The Labute approximate surface area is 93.5 Å². The molecule has 0 aromatic heterocycles. The van der Waals surface area contributed by atoms with E-state index >= 15 is 0 Å². The van der Waals surface area contributed by atoms with Crippen LogP contribution in [0.15, 0.2) is 42.5 Å². The van der Waals surface area contributed by atoms with Crippen LogP contribution in [0.4, 0.5) is 0 Å². The monoisotopic (exact) mass is 348 g/mol. The number of hydrogen-bond donors (Lipinski definition) is 0. The van der Waals surface area contributed by atoms with E-state index in [4.69, 9.17) is 6.42 Å².